The molecule has 0 radical (unpaired) electrons. The molecule has 1 aliphatic rings. The van der Waals surface area contributed by atoms with Crippen molar-refractivity contribution in [3.63, 3.8) is 0 Å². The summed E-state index contributed by atoms with van der Waals surface area (Å²) >= 11 is 0. The van der Waals surface area contributed by atoms with Crippen molar-refractivity contribution >= 4 is 0 Å². The largest absolute Gasteiger partial charge is 0.496 e. The summed E-state index contributed by atoms with van der Waals surface area (Å²) in [7, 11) is 1.79. The standard InChI is InChI=1S/C20H33NO.C2H4/c1-5-17-13-19-12-16(11-15(2)3)7-6-9-21-10-8-18(19)14-20(17)22-4;1-2/h13-16,21H,5-12H2,1-4H3;1-2H2. The topological polar surface area (TPSA) is 21.3 Å². The Labute approximate surface area is 149 Å². The molecule has 0 fully saturated rings. The molecule has 2 heteroatoms. The Bertz CT molecular complexity index is 481. The summed E-state index contributed by atoms with van der Waals surface area (Å²) in [4.78, 5) is 0. The number of methoxy groups -OCH3 is 1. The third-order valence-corrected chi connectivity index (χ3v) is 4.83. The van der Waals surface area contributed by atoms with Crippen LogP contribution in [0.5, 0.6) is 5.75 Å². The number of rotatable bonds is 4. The van der Waals surface area contributed by atoms with Crippen molar-refractivity contribution in [2.45, 2.75) is 59.3 Å². The number of aryl methyl sites for hydroxylation is 1. The summed E-state index contributed by atoms with van der Waals surface area (Å²) in [5.74, 6) is 2.67. The summed E-state index contributed by atoms with van der Waals surface area (Å²) in [5, 5.41) is 3.60. The quantitative estimate of drug-likeness (QED) is 0.767. The second-order valence-corrected chi connectivity index (χ2v) is 7.13. The van der Waals surface area contributed by atoms with Crippen molar-refractivity contribution in [3.05, 3.63) is 42.0 Å². The van der Waals surface area contributed by atoms with Gasteiger partial charge in [0.2, 0.25) is 0 Å². The molecule has 136 valence electrons. The van der Waals surface area contributed by atoms with E-state index in [0.717, 1.165) is 43.5 Å². The minimum Gasteiger partial charge on any atom is -0.496 e. The molecule has 0 amide bonds. The van der Waals surface area contributed by atoms with Crippen LogP contribution in [0.25, 0.3) is 0 Å². The van der Waals surface area contributed by atoms with Crippen molar-refractivity contribution in [2.75, 3.05) is 20.2 Å². The van der Waals surface area contributed by atoms with Crippen molar-refractivity contribution in [1.82, 2.24) is 5.32 Å². The van der Waals surface area contributed by atoms with Gasteiger partial charge in [-0.05, 0) is 86.2 Å². The molecule has 1 unspecified atom stereocenters. The highest BCUT2D eigenvalue weighted by atomic mass is 16.5. The lowest BCUT2D eigenvalue weighted by atomic mass is 9.84. The van der Waals surface area contributed by atoms with Crippen LogP contribution in [-0.4, -0.2) is 20.2 Å². The zero-order valence-corrected chi connectivity index (χ0v) is 16.3. The fourth-order valence-electron chi connectivity index (χ4n) is 3.75. The number of hydrogen-bond acceptors (Lipinski definition) is 2. The fraction of sp³-hybridized carbons (Fsp3) is 0.636. The highest BCUT2D eigenvalue weighted by Gasteiger charge is 2.17. The van der Waals surface area contributed by atoms with Crippen LogP contribution in [0.1, 0.15) is 56.7 Å². The van der Waals surface area contributed by atoms with Crippen LogP contribution in [0.3, 0.4) is 0 Å². The fourth-order valence-corrected chi connectivity index (χ4v) is 3.75. The number of ether oxygens (including phenoxy) is 1. The minimum absolute atomic E-state index is 0.785. The predicted octanol–water partition coefficient (Wildman–Crippen LogP) is 5.19. The SMILES string of the molecule is C=C.CCc1cc2c(cc1OC)CCNCCCC(CC(C)C)C2. The molecule has 0 saturated carbocycles. The molecule has 1 atom stereocenters. The van der Waals surface area contributed by atoms with E-state index in [1.54, 1.807) is 12.7 Å². The molecule has 0 aliphatic carbocycles. The van der Waals surface area contributed by atoms with Gasteiger partial charge in [0.05, 0.1) is 7.11 Å². The third kappa shape index (κ3) is 6.32. The van der Waals surface area contributed by atoms with Crippen LogP contribution in [0, 0.1) is 11.8 Å². The van der Waals surface area contributed by atoms with Crippen molar-refractivity contribution in [2.24, 2.45) is 11.8 Å². The van der Waals surface area contributed by atoms with Crippen LogP contribution < -0.4 is 10.1 Å². The number of fused-ring (bicyclic) bond motifs is 1. The Balaban J connectivity index is 0.00000139. The zero-order valence-electron chi connectivity index (χ0n) is 16.3. The van der Waals surface area contributed by atoms with E-state index >= 15 is 0 Å². The smallest absolute Gasteiger partial charge is 0.122 e. The summed E-state index contributed by atoms with van der Waals surface area (Å²) in [5.41, 5.74) is 4.40. The van der Waals surface area contributed by atoms with Gasteiger partial charge in [0.25, 0.3) is 0 Å². The molecule has 1 heterocycles. The highest BCUT2D eigenvalue weighted by Crippen LogP contribution is 2.29. The molecule has 0 aromatic heterocycles. The van der Waals surface area contributed by atoms with Gasteiger partial charge in [0, 0.05) is 0 Å². The number of hydrogen-bond donors (Lipinski definition) is 1. The Hall–Kier alpha value is -1.28. The van der Waals surface area contributed by atoms with E-state index in [9.17, 15) is 0 Å². The van der Waals surface area contributed by atoms with E-state index in [1.807, 2.05) is 0 Å². The maximum atomic E-state index is 5.60. The molecular weight excluding hydrogens is 294 g/mol. The molecule has 2 nitrogen and oxygen atoms in total. The van der Waals surface area contributed by atoms with Gasteiger partial charge in [-0.2, -0.15) is 0 Å². The predicted molar refractivity (Wildman–Crippen MR) is 106 cm³/mol. The monoisotopic (exact) mass is 331 g/mol. The van der Waals surface area contributed by atoms with Crippen molar-refractivity contribution in [3.8, 4) is 5.75 Å². The third-order valence-electron chi connectivity index (χ3n) is 4.83. The molecular formula is C22H37NO. The molecule has 0 spiro atoms. The Morgan fingerprint density at radius 1 is 1.21 bits per heavy atom. The molecule has 1 aliphatic heterocycles. The van der Waals surface area contributed by atoms with Gasteiger partial charge in [-0.3, -0.25) is 0 Å². The number of nitrogens with one attached hydrogen (secondary N) is 1. The Morgan fingerprint density at radius 3 is 2.58 bits per heavy atom. The lowest BCUT2D eigenvalue weighted by Crippen LogP contribution is -2.22. The summed E-state index contributed by atoms with van der Waals surface area (Å²) in [6.07, 6.45) is 7.40. The lowest BCUT2D eigenvalue weighted by Gasteiger charge is -2.24. The molecule has 0 bridgehead atoms. The summed E-state index contributed by atoms with van der Waals surface area (Å²) in [6, 6.07) is 4.72. The zero-order chi connectivity index (χ0) is 17.9. The normalized spacial score (nSPS) is 18.3. The summed E-state index contributed by atoms with van der Waals surface area (Å²) in [6.45, 7) is 15.2. The van der Waals surface area contributed by atoms with E-state index in [1.165, 1.54) is 36.8 Å². The first kappa shape index (κ1) is 20.8. The van der Waals surface area contributed by atoms with Crippen LogP contribution >= 0.6 is 0 Å². The van der Waals surface area contributed by atoms with Gasteiger partial charge in [-0.15, -0.1) is 13.2 Å². The van der Waals surface area contributed by atoms with E-state index in [4.69, 9.17) is 4.74 Å². The molecule has 0 saturated heterocycles. The Morgan fingerprint density at radius 2 is 1.96 bits per heavy atom. The first-order chi connectivity index (χ1) is 11.6. The van der Waals surface area contributed by atoms with Crippen molar-refractivity contribution in [1.29, 1.82) is 0 Å². The van der Waals surface area contributed by atoms with Crippen molar-refractivity contribution < 1.29 is 4.74 Å². The number of benzene rings is 1. The molecule has 2 rings (SSSR count). The second-order valence-electron chi connectivity index (χ2n) is 7.13. The molecule has 1 aromatic carbocycles. The maximum Gasteiger partial charge on any atom is 0.122 e. The van der Waals surface area contributed by atoms with Gasteiger partial charge >= 0.3 is 0 Å². The van der Waals surface area contributed by atoms with Gasteiger partial charge in [-0.25, -0.2) is 0 Å². The van der Waals surface area contributed by atoms with E-state index < -0.39 is 0 Å². The van der Waals surface area contributed by atoms with Gasteiger partial charge < -0.3 is 10.1 Å². The van der Waals surface area contributed by atoms with Gasteiger partial charge in [0.15, 0.2) is 0 Å². The molecule has 1 aromatic rings. The summed E-state index contributed by atoms with van der Waals surface area (Å²) < 4.78 is 5.60. The average molecular weight is 332 g/mol. The van der Waals surface area contributed by atoms with E-state index in [2.05, 4.69) is 51.4 Å². The van der Waals surface area contributed by atoms with Crippen LogP contribution in [-0.2, 0) is 19.3 Å². The van der Waals surface area contributed by atoms with E-state index in [-0.39, 0.29) is 0 Å². The molecule has 1 N–H and O–H groups in total. The van der Waals surface area contributed by atoms with Crippen LogP contribution in [0.4, 0.5) is 0 Å². The highest BCUT2D eigenvalue weighted by molar-refractivity contribution is 5.43. The minimum atomic E-state index is 0.785. The van der Waals surface area contributed by atoms with Crippen LogP contribution in [0.15, 0.2) is 25.3 Å². The Kier molecular flexibility index (Phi) is 9.78. The lowest BCUT2D eigenvalue weighted by molar-refractivity contribution is 0.368. The first-order valence-corrected chi connectivity index (χ1v) is 9.53. The average Bonchev–Trinajstić information content (AvgIpc) is 2.59. The van der Waals surface area contributed by atoms with Gasteiger partial charge in [0.1, 0.15) is 5.75 Å². The molecule has 24 heavy (non-hydrogen) atoms. The second kappa shape index (κ2) is 11.3. The first-order valence-electron chi connectivity index (χ1n) is 9.53. The maximum absolute atomic E-state index is 5.60. The van der Waals surface area contributed by atoms with Crippen LogP contribution in [0.2, 0.25) is 0 Å². The van der Waals surface area contributed by atoms with Gasteiger partial charge in [-0.1, -0.05) is 26.8 Å². The van der Waals surface area contributed by atoms with E-state index in [0.29, 0.717) is 0 Å².